The van der Waals surface area contributed by atoms with Crippen LogP contribution < -0.4 is 17.1 Å². The van der Waals surface area contributed by atoms with Gasteiger partial charge in [0.05, 0.1) is 0 Å². The summed E-state index contributed by atoms with van der Waals surface area (Å²) in [6, 6.07) is 0. The maximum atomic E-state index is 11.2. The predicted molar refractivity (Wildman–Crippen MR) is 48.5 cm³/mol. The Morgan fingerprint density at radius 2 is 1.93 bits per heavy atom. The van der Waals surface area contributed by atoms with Crippen molar-refractivity contribution in [3.63, 3.8) is 0 Å². The highest BCUT2D eigenvalue weighted by atomic mass is 35.5. The van der Waals surface area contributed by atoms with Crippen molar-refractivity contribution >= 4 is 11.8 Å². The van der Waals surface area contributed by atoms with Crippen molar-refractivity contribution < 1.29 is 5.11 Å². The van der Waals surface area contributed by atoms with Gasteiger partial charge >= 0.3 is 17.1 Å². The number of aliphatic hydroxyl groups is 1. The minimum Gasteiger partial charge on any atom is -0.396 e. The summed E-state index contributed by atoms with van der Waals surface area (Å²) in [4.78, 5) is 34.9. The minimum atomic E-state index is -0.970. The molecule has 1 rings (SSSR count). The van der Waals surface area contributed by atoms with Gasteiger partial charge in [-0.3, -0.25) is 4.98 Å². The van der Waals surface area contributed by atoms with Crippen molar-refractivity contribution in [2.75, 3.05) is 6.61 Å². The van der Waals surface area contributed by atoms with Crippen LogP contribution in [0.25, 0.3) is 0 Å². The molecule has 78 valence electrons. The van der Waals surface area contributed by atoms with Crippen LogP contribution in [-0.4, -0.2) is 25.4 Å². The van der Waals surface area contributed by atoms with E-state index in [2.05, 4.69) is 0 Å². The van der Waals surface area contributed by atoms with E-state index < -0.39 is 17.1 Å². The summed E-state index contributed by atoms with van der Waals surface area (Å²) < 4.78 is 1.02. The Morgan fingerprint density at radius 3 is 2.50 bits per heavy atom. The molecule has 0 saturated carbocycles. The second-order valence-corrected chi connectivity index (χ2v) is 2.87. The molecule has 1 aromatic rings. The lowest BCUT2D eigenvalue weighted by Crippen LogP contribution is -2.46. The van der Waals surface area contributed by atoms with Gasteiger partial charge in [-0.2, -0.15) is 4.09 Å². The minimum absolute atomic E-state index is 0.0116. The molecule has 14 heavy (non-hydrogen) atoms. The van der Waals surface area contributed by atoms with Crippen molar-refractivity contribution in [3.05, 3.63) is 31.5 Å². The molecule has 0 aromatic carbocycles. The number of rotatable bonds is 3. The fourth-order valence-corrected chi connectivity index (χ4v) is 1.05. The van der Waals surface area contributed by atoms with E-state index in [4.69, 9.17) is 16.9 Å². The fraction of sp³-hybridized carbons (Fsp3) is 0.500. The molecular weight excluding hydrogens is 214 g/mol. The van der Waals surface area contributed by atoms with Crippen LogP contribution in [0.1, 0.15) is 6.42 Å². The second kappa shape index (κ2) is 4.25. The molecule has 0 saturated heterocycles. The lowest BCUT2D eigenvalue weighted by Gasteiger charge is -2.02. The first-order valence-electron chi connectivity index (χ1n) is 3.81. The lowest BCUT2D eigenvalue weighted by molar-refractivity contribution is 0.277. The Hall–Kier alpha value is -1.34. The second-order valence-electron chi connectivity index (χ2n) is 2.53. The largest absolute Gasteiger partial charge is 0.396 e. The van der Waals surface area contributed by atoms with E-state index >= 15 is 0 Å². The Bertz CT molecular complexity index is 485. The van der Waals surface area contributed by atoms with Gasteiger partial charge < -0.3 is 5.11 Å². The summed E-state index contributed by atoms with van der Waals surface area (Å²) >= 11 is 5.27. The smallest absolute Gasteiger partial charge is 0.351 e. The summed E-state index contributed by atoms with van der Waals surface area (Å²) in [5.74, 6) is 0. The molecule has 0 unspecified atom stereocenters. The van der Waals surface area contributed by atoms with Gasteiger partial charge in [0.2, 0.25) is 0 Å². The molecule has 0 amide bonds. The molecule has 0 aliphatic heterocycles. The van der Waals surface area contributed by atoms with Crippen molar-refractivity contribution in [3.8, 4) is 0 Å². The topological polar surface area (TPSA) is 97.1 Å². The zero-order chi connectivity index (χ0) is 10.7. The molecule has 1 heterocycles. The number of hydrogen-bond acceptors (Lipinski definition) is 4. The SMILES string of the molecule is O=c1[nH]c(=O)n(CCCO)c(=O)n1Cl. The third kappa shape index (κ3) is 1.94. The number of nitrogens with zero attached hydrogens (tertiary/aromatic N) is 2. The highest BCUT2D eigenvalue weighted by molar-refractivity contribution is 6.14. The average molecular weight is 222 g/mol. The number of hydrogen-bond donors (Lipinski definition) is 2. The van der Waals surface area contributed by atoms with Crippen LogP contribution in [-0.2, 0) is 6.54 Å². The van der Waals surface area contributed by atoms with Gasteiger partial charge in [-0.15, -0.1) is 0 Å². The zero-order valence-electron chi connectivity index (χ0n) is 7.07. The van der Waals surface area contributed by atoms with Crippen molar-refractivity contribution in [1.29, 1.82) is 0 Å². The van der Waals surface area contributed by atoms with Crippen LogP contribution in [0.15, 0.2) is 14.4 Å². The van der Waals surface area contributed by atoms with E-state index in [-0.39, 0.29) is 23.7 Å². The normalized spacial score (nSPS) is 10.4. The molecule has 0 atom stereocenters. The van der Waals surface area contributed by atoms with Crippen LogP contribution in [0, 0.1) is 0 Å². The number of aromatic amines is 1. The van der Waals surface area contributed by atoms with Gasteiger partial charge in [0.15, 0.2) is 0 Å². The number of H-pyrrole nitrogens is 1. The molecular formula is C6H8ClN3O4. The average Bonchev–Trinajstić information content (AvgIpc) is 2.14. The third-order valence-corrected chi connectivity index (χ3v) is 1.87. The summed E-state index contributed by atoms with van der Waals surface area (Å²) in [6.45, 7) is -0.148. The number of aromatic nitrogens is 3. The Labute approximate surface area is 82.3 Å². The van der Waals surface area contributed by atoms with E-state index in [9.17, 15) is 14.4 Å². The highest BCUT2D eigenvalue weighted by Gasteiger charge is 2.06. The van der Waals surface area contributed by atoms with E-state index in [1.165, 1.54) is 0 Å². The molecule has 8 heteroatoms. The molecule has 0 aliphatic rings. The number of nitrogens with one attached hydrogen (secondary N) is 1. The summed E-state index contributed by atoms with van der Waals surface area (Å²) in [6.07, 6.45) is 0.234. The van der Waals surface area contributed by atoms with Gasteiger partial charge in [0, 0.05) is 24.9 Å². The molecule has 0 aliphatic carbocycles. The van der Waals surface area contributed by atoms with E-state index in [1.807, 2.05) is 4.98 Å². The molecule has 0 bridgehead atoms. The van der Waals surface area contributed by atoms with Crippen LogP contribution in [0.4, 0.5) is 0 Å². The van der Waals surface area contributed by atoms with Crippen LogP contribution in [0.2, 0.25) is 0 Å². The maximum absolute atomic E-state index is 11.2. The maximum Gasteiger partial charge on any atom is 0.351 e. The molecule has 0 spiro atoms. The first-order valence-corrected chi connectivity index (χ1v) is 4.15. The first kappa shape index (κ1) is 10.7. The zero-order valence-corrected chi connectivity index (χ0v) is 7.82. The van der Waals surface area contributed by atoms with Crippen molar-refractivity contribution in [2.45, 2.75) is 13.0 Å². The number of aliphatic hydroxyl groups excluding tert-OH is 1. The van der Waals surface area contributed by atoms with Gasteiger partial charge in [-0.1, -0.05) is 0 Å². The highest BCUT2D eigenvalue weighted by Crippen LogP contribution is 1.79. The molecule has 2 N–H and O–H groups in total. The van der Waals surface area contributed by atoms with Crippen LogP contribution >= 0.6 is 11.8 Å². The van der Waals surface area contributed by atoms with Crippen molar-refractivity contribution in [1.82, 2.24) is 13.6 Å². The van der Waals surface area contributed by atoms with Gasteiger partial charge in [0.1, 0.15) is 0 Å². The standard InChI is InChI=1S/C6H8ClN3O4/c7-10-5(13)8-4(12)9(6(10)14)2-1-3-11/h11H,1-3H2,(H,8,12,13). The van der Waals surface area contributed by atoms with Gasteiger partial charge in [0.25, 0.3) is 0 Å². The first-order chi connectivity index (χ1) is 6.57. The van der Waals surface area contributed by atoms with E-state index in [0.29, 0.717) is 0 Å². The predicted octanol–water partition coefficient (Wildman–Crippen LogP) is -1.92. The van der Waals surface area contributed by atoms with E-state index in [0.717, 1.165) is 4.57 Å². The Morgan fingerprint density at radius 1 is 1.29 bits per heavy atom. The summed E-state index contributed by atoms with van der Waals surface area (Å²) in [5.41, 5.74) is -2.71. The molecule has 7 nitrogen and oxygen atoms in total. The molecule has 0 fully saturated rings. The van der Waals surface area contributed by atoms with E-state index in [1.54, 1.807) is 0 Å². The van der Waals surface area contributed by atoms with Crippen LogP contribution in [0.5, 0.6) is 0 Å². The molecule has 1 aromatic heterocycles. The number of halogens is 1. The van der Waals surface area contributed by atoms with Gasteiger partial charge in [-0.05, 0) is 6.42 Å². The quantitative estimate of drug-likeness (QED) is 0.622. The van der Waals surface area contributed by atoms with Crippen molar-refractivity contribution in [2.24, 2.45) is 0 Å². The third-order valence-electron chi connectivity index (χ3n) is 1.58. The monoisotopic (exact) mass is 221 g/mol. The summed E-state index contributed by atoms with van der Waals surface area (Å²) in [5, 5.41) is 8.50. The molecule has 0 radical (unpaired) electrons. The lowest BCUT2D eigenvalue weighted by atomic mass is 10.4. The van der Waals surface area contributed by atoms with Crippen LogP contribution in [0.3, 0.4) is 0 Å². The summed E-state index contributed by atoms with van der Waals surface area (Å²) in [7, 11) is 0. The Kier molecular flexibility index (Phi) is 3.26. The Balaban J connectivity index is 3.31. The van der Waals surface area contributed by atoms with Gasteiger partial charge in [-0.25, -0.2) is 19.0 Å². The fourth-order valence-electron chi connectivity index (χ4n) is 0.914.